The van der Waals surface area contributed by atoms with Crippen molar-refractivity contribution in [2.24, 2.45) is 13.0 Å². The second-order valence-corrected chi connectivity index (χ2v) is 10.4. The Hall–Kier alpha value is -2.59. The summed E-state index contributed by atoms with van der Waals surface area (Å²) in [4.78, 5) is 38.3. The number of halogens is 1. The molecule has 4 rings (SSSR count). The molecular weight excluding hydrogens is 494 g/mol. The van der Waals surface area contributed by atoms with Crippen molar-refractivity contribution in [3.8, 4) is 5.75 Å². The summed E-state index contributed by atoms with van der Waals surface area (Å²) in [5.41, 5.74) is 0.146. The Morgan fingerprint density at radius 2 is 2.00 bits per heavy atom. The van der Waals surface area contributed by atoms with E-state index in [2.05, 4.69) is 14.9 Å². The van der Waals surface area contributed by atoms with Crippen molar-refractivity contribution in [2.75, 3.05) is 14.2 Å². The minimum atomic E-state index is -1.06. The Morgan fingerprint density at radius 1 is 1.26 bits per heavy atom. The molecule has 35 heavy (non-hydrogen) atoms. The Balaban J connectivity index is 1.52. The van der Waals surface area contributed by atoms with Crippen molar-refractivity contribution in [2.45, 2.75) is 61.0 Å². The second kappa shape index (κ2) is 10.6. The molecule has 1 saturated heterocycles. The predicted molar refractivity (Wildman–Crippen MR) is 129 cm³/mol. The minimum Gasteiger partial charge on any atom is -0.495 e. The molecule has 9 nitrogen and oxygen atoms in total. The summed E-state index contributed by atoms with van der Waals surface area (Å²) >= 11 is 7.24. The third kappa shape index (κ3) is 5.18. The van der Waals surface area contributed by atoms with Gasteiger partial charge < -0.3 is 14.2 Å². The third-order valence-electron chi connectivity index (χ3n) is 6.86. The summed E-state index contributed by atoms with van der Waals surface area (Å²) in [5.74, 6) is -0.703. The van der Waals surface area contributed by atoms with Crippen molar-refractivity contribution in [3.05, 3.63) is 34.6 Å². The van der Waals surface area contributed by atoms with Crippen molar-refractivity contribution >= 4 is 41.1 Å². The van der Waals surface area contributed by atoms with Crippen LogP contribution < -0.4 is 4.74 Å². The standard InChI is InChI=1S/C24H28ClN3O6S/c1-28-20(22(31)33-3)26-27-23(28)35-19-17(29)13-24(34-21(19)30,15-6-4-5-7-15)11-10-14-8-9-18(32-2)16(25)12-14/h8-9,12,15,19H,4-7,10-11,13H2,1-3H3. The molecule has 0 N–H and O–H groups in total. The van der Waals surface area contributed by atoms with Gasteiger partial charge in [-0.25, -0.2) is 4.79 Å². The Morgan fingerprint density at radius 3 is 2.63 bits per heavy atom. The first kappa shape index (κ1) is 25.5. The number of aromatic nitrogens is 3. The normalized spacial score (nSPS) is 22.8. The molecule has 1 aromatic heterocycles. The van der Waals surface area contributed by atoms with E-state index in [4.69, 9.17) is 21.1 Å². The topological polar surface area (TPSA) is 110 Å². The van der Waals surface area contributed by atoms with Crippen LogP contribution in [0, 0.1) is 5.92 Å². The quantitative estimate of drug-likeness (QED) is 0.378. The number of Topliss-reactive ketones (excluding diaryl/α,β-unsaturated/α-hetero) is 1. The number of nitrogens with zero attached hydrogens (tertiary/aromatic N) is 3. The van der Waals surface area contributed by atoms with E-state index in [0.29, 0.717) is 23.6 Å². The van der Waals surface area contributed by atoms with Gasteiger partial charge in [0.25, 0.3) is 0 Å². The zero-order chi connectivity index (χ0) is 25.2. The maximum absolute atomic E-state index is 13.3. The zero-order valence-corrected chi connectivity index (χ0v) is 21.5. The first-order valence-corrected chi connectivity index (χ1v) is 12.8. The van der Waals surface area contributed by atoms with Crippen LogP contribution in [0.4, 0.5) is 0 Å². The first-order chi connectivity index (χ1) is 16.8. The van der Waals surface area contributed by atoms with Gasteiger partial charge in [-0.15, -0.1) is 10.2 Å². The van der Waals surface area contributed by atoms with E-state index in [0.717, 1.165) is 43.0 Å². The van der Waals surface area contributed by atoms with Gasteiger partial charge in [0.15, 0.2) is 16.2 Å². The molecule has 2 atom stereocenters. The smallest absolute Gasteiger partial charge is 0.376 e. The van der Waals surface area contributed by atoms with Crippen LogP contribution in [0.2, 0.25) is 5.02 Å². The lowest BCUT2D eigenvalue weighted by Gasteiger charge is -2.42. The van der Waals surface area contributed by atoms with Crippen LogP contribution in [0.1, 0.15) is 54.7 Å². The SMILES string of the molecule is COC(=O)c1nnc(SC2C(=O)CC(CCc3ccc(OC)c(Cl)c3)(C3CCCC3)OC2=O)n1C. The number of carbonyl (C=O) groups is 3. The number of methoxy groups -OCH3 is 2. The van der Waals surface area contributed by atoms with Crippen molar-refractivity contribution in [1.82, 2.24) is 14.8 Å². The van der Waals surface area contributed by atoms with Gasteiger partial charge in [-0.05, 0) is 49.3 Å². The summed E-state index contributed by atoms with van der Waals surface area (Å²) < 4.78 is 17.5. The van der Waals surface area contributed by atoms with Crippen LogP contribution >= 0.6 is 23.4 Å². The van der Waals surface area contributed by atoms with E-state index in [9.17, 15) is 14.4 Å². The van der Waals surface area contributed by atoms with Crippen LogP contribution in [-0.2, 0) is 32.5 Å². The Labute approximate surface area is 212 Å². The summed E-state index contributed by atoms with van der Waals surface area (Å²) in [6, 6.07) is 5.60. The lowest BCUT2D eigenvalue weighted by atomic mass is 9.76. The summed E-state index contributed by atoms with van der Waals surface area (Å²) in [5, 5.41) is 7.48. The molecule has 2 heterocycles. The van der Waals surface area contributed by atoms with Crippen LogP contribution in [0.3, 0.4) is 0 Å². The van der Waals surface area contributed by atoms with Crippen LogP contribution in [-0.4, -0.2) is 57.6 Å². The molecule has 11 heteroatoms. The number of carbonyl (C=O) groups excluding carboxylic acids is 3. The lowest BCUT2D eigenvalue weighted by molar-refractivity contribution is -0.177. The van der Waals surface area contributed by atoms with Crippen LogP contribution in [0.15, 0.2) is 23.4 Å². The molecule has 0 spiro atoms. The number of hydrogen-bond donors (Lipinski definition) is 0. The largest absolute Gasteiger partial charge is 0.495 e. The van der Waals surface area contributed by atoms with Gasteiger partial charge in [-0.1, -0.05) is 42.3 Å². The fourth-order valence-corrected chi connectivity index (χ4v) is 6.14. The van der Waals surface area contributed by atoms with Gasteiger partial charge in [0.1, 0.15) is 11.4 Å². The number of hydrogen-bond acceptors (Lipinski definition) is 9. The molecule has 0 radical (unpaired) electrons. The van der Waals surface area contributed by atoms with Crippen molar-refractivity contribution in [1.29, 1.82) is 0 Å². The highest BCUT2D eigenvalue weighted by molar-refractivity contribution is 8.01. The fourth-order valence-electron chi connectivity index (χ4n) is 4.96. The number of thioether (sulfide) groups is 1. The molecule has 2 unspecified atom stereocenters. The Kier molecular flexibility index (Phi) is 7.70. The van der Waals surface area contributed by atoms with Crippen molar-refractivity contribution < 1.29 is 28.6 Å². The highest BCUT2D eigenvalue weighted by Gasteiger charge is 2.52. The van der Waals surface area contributed by atoms with E-state index >= 15 is 0 Å². The van der Waals surface area contributed by atoms with Gasteiger partial charge in [0.05, 0.1) is 19.2 Å². The number of esters is 2. The fraction of sp³-hybridized carbons (Fsp3) is 0.542. The van der Waals surface area contributed by atoms with Gasteiger partial charge in [0, 0.05) is 13.5 Å². The minimum absolute atomic E-state index is 0.00918. The maximum atomic E-state index is 13.3. The molecule has 1 aromatic carbocycles. The summed E-state index contributed by atoms with van der Waals surface area (Å²) in [7, 11) is 4.39. The predicted octanol–water partition coefficient (Wildman–Crippen LogP) is 3.80. The second-order valence-electron chi connectivity index (χ2n) is 8.93. The van der Waals surface area contributed by atoms with Crippen LogP contribution in [0.25, 0.3) is 0 Å². The number of ether oxygens (including phenoxy) is 3. The third-order valence-corrected chi connectivity index (χ3v) is 8.41. The molecule has 1 aliphatic heterocycles. The van der Waals surface area contributed by atoms with E-state index in [1.807, 2.05) is 18.2 Å². The number of ketones is 1. The monoisotopic (exact) mass is 521 g/mol. The van der Waals surface area contributed by atoms with E-state index in [1.165, 1.54) is 11.7 Å². The summed E-state index contributed by atoms with van der Waals surface area (Å²) in [6.07, 6.45) is 5.25. The van der Waals surface area contributed by atoms with Gasteiger partial charge in [0.2, 0.25) is 5.82 Å². The maximum Gasteiger partial charge on any atom is 0.376 e. The average Bonchev–Trinajstić information content (AvgIpc) is 3.50. The zero-order valence-electron chi connectivity index (χ0n) is 19.9. The molecule has 1 aliphatic carbocycles. The number of aryl methyl sites for hydroxylation is 1. The van der Waals surface area contributed by atoms with Gasteiger partial charge >= 0.3 is 11.9 Å². The number of rotatable bonds is 8. The van der Waals surface area contributed by atoms with Gasteiger partial charge in [-0.2, -0.15) is 0 Å². The Bertz CT molecular complexity index is 1110. The highest BCUT2D eigenvalue weighted by Crippen LogP contribution is 2.46. The number of benzene rings is 1. The van der Waals surface area contributed by atoms with Crippen LogP contribution in [0.5, 0.6) is 5.75 Å². The molecular formula is C24H28ClN3O6S. The summed E-state index contributed by atoms with van der Waals surface area (Å²) in [6.45, 7) is 0. The van der Waals surface area contributed by atoms with Gasteiger partial charge in [-0.3, -0.25) is 14.2 Å². The molecule has 0 bridgehead atoms. The molecule has 188 valence electrons. The molecule has 2 aliphatic rings. The average molecular weight is 522 g/mol. The molecule has 1 saturated carbocycles. The molecule has 2 fully saturated rings. The van der Waals surface area contributed by atoms with E-state index in [-0.39, 0.29) is 29.1 Å². The number of cyclic esters (lactones) is 1. The lowest BCUT2D eigenvalue weighted by Crippen LogP contribution is -2.53. The van der Waals surface area contributed by atoms with Crippen molar-refractivity contribution in [3.63, 3.8) is 0 Å². The first-order valence-electron chi connectivity index (χ1n) is 11.5. The molecule has 2 aromatic rings. The highest BCUT2D eigenvalue weighted by atomic mass is 35.5. The van der Waals surface area contributed by atoms with E-state index < -0.39 is 22.8 Å². The molecule has 0 amide bonds. The van der Waals surface area contributed by atoms with E-state index in [1.54, 1.807) is 14.2 Å².